The summed E-state index contributed by atoms with van der Waals surface area (Å²) in [6.45, 7) is 2.09. The first kappa shape index (κ1) is 15.0. The van der Waals surface area contributed by atoms with Gasteiger partial charge in [-0.3, -0.25) is 4.79 Å². The van der Waals surface area contributed by atoms with Crippen LogP contribution in [0.3, 0.4) is 0 Å². The zero-order valence-electron chi connectivity index (χ0n) is 10.0. The number of primary sulfonamides is 1. The fraction of sp³-hybridized carbons (Fsp3) is 0.667. The summed E-state index contributed by atoms with van der Waals surface area (Å²) in [7, 11) is -3.85. The molecule has 1 heterocycles. The van der Waals surface area contributed by atoms with Crippen LogP contribution in [0.4, 0.5) is 5.13 Å². The highest BCUT2D eigenvalue weighted by Crippen LogP contribution is 2.18. The molecule has 102 valence electrons. The Balaban J connectivity index is 2.43. The molecule has 7 nitrogen and oxygen atoms in total. The summed E-state index contributed by atoms with van der Waals surface area (Å²) in [5.74, 6) is -0.191. The van der Waals surface area contributed by atoms with Crippen LogP contribution in [0, 0.1) is 0 Å². The lowest BCUT2D eigenvalue weighted by Crippen LogP contribution is -2.11. The lowest BCUT2D eigenvalue weighted by molar-refractivity contribution is -0.116. The molecular formula is C9H16N4O3S2. The second-order valence-electron chi connectivity index (χ2n) is 3.78. The second-order valence-corrected chi connectivity index (χ2v) is 6.49. The van der Waals surface area contributed by atoms with Crippen LogP contribution in [0.25, 0.3) is 0 Å². The number of unbranched alkanes of at least 4 members (excludes halogenated alkanes) is 3. The van der Waals surface area contributed by atoms with Gasteiger partial charge in [0.05, 0.1) is 0 Å². The largest absolute Gasteiger partial charge is 0.301 e. The van der Waals surface area contributed by atoms with Gasteiger partial charge >= 0.3 is 0 Å². The number of hydrogen-bond acceptors (Lipinski definition) is 6. The maximum Gasteiger partial charge on any atom is 0.267 e. The van der Waals surface area contributed by atoms with Crippen molar-refractivity contribution in [2.75, 3.05) is 5.32 Å². The minimum Gasteiger partial charge on any atom is -0.301 e. The van der Waals surface area contributed by atoms with E-state index in [-0.39, 0.29) is 15.4 Å². The minimum absolute atomic E-state index is 0.152. The second kappa shape index (κ2) is 6.76. The number of nitrogens with one attached hydrogen (secondary N) is 1. The molecule has 0 unspecified atom stereocenters. The van der Waals surface area contributed by atoms with Gasteiger partial charge in [-0.05, 0) is 6.42 Å². The SMILES string of the molecule is CCCCCCC(=O)Nc1nnc(S(N)(=O)=O)s1. The third-order valence-corrected chi connectivity index (χ3v) is 4.30. The summed E-state index contributed by atoms with van der Waals surface area (Å²) in [5.41, 5.74) is 0. The third-order valence-electron chi connectivity index (χ3n) is 2.15. The normalized spacial score (nSPS) is 11.4. The van der Waals surface area contributed by atoms with Gasteiger partial charge in [0.2, 0.25) is 15.4 Å². The van der Waals surface area contributed by atoms with Gasteiger partial charge in [-0.1, -0.05) is 37.5 Å². The van der Waals surface area contributed by atoms with Gasteiger partial charge in [-0.25, -0.2) is 13.6 Å². The molecule has 0 saturated heterocycles. The van der Waals surface area contributed by atoms with Crippen molar-refractivity contribution >= 4 is 32.4 Å². The van der Waals surface area contributed by atoms with E-state index in [4.69, 9.17) is 5.14 Å². The molecule has 0 aliphatic heterocycles. The number of hydrogen-bond donors (Lipinski definition) is 2. The van der Waals surface area contributed by atoms with E-state index in [1.807, 2.05) is 0 Å². The van der Waals surface area contributed by atoms with Crippen LogP contribution < -0.4 is 10.5 Å². The number of aromatic nitrogens is 2. The first-order valence-electron chi connectivity index (χ1n) is 5.59. The summed E-state index contributed by atoms with van der Waals surface area (Å²) in [4.78, 5) is 11.5. The number of carbonyl (C=O) groups is 1. The number of carbonyl (C=O) groups excluding carboxylic acids is 1. The first-order chi connectivity index (χ1) is 8.43. The molecule has 0 spiro atoms. The van der Waals surface area contributed by atoms with Crippen molar-refractivity contribution in [1.82, 2.24) is 10.2 Å². The van der Waals surface area contributed by atoms with Crippen molar-refractivity contribution < 1.29 is 13.2 Å². The predicted octanol–water partition coefficient (Wildman–Crippen LogP) is 1.09. The molecular weight excluding hydrogens is 276 g/mol. The number of anilines is 1. The van der Waals surface area contributed by atoms with Gasteiger partial charge in [0.1, 0.15) is 0 Å². The highest BCUT2D eigenvalue weighted by molar-refractivity contribution is 7.91. The molecule has 18 heavy (non-hydrogen) atoms. The molecule has 1 amide bonds. The Morgan fingerprint density at radius 3 is 2.61 bits per heavy atom. The highest BCUT2D eigenvalue weighted by Gasteiger charge is 2.16. The Labute approximate surface area is 110 Å². The van der Waals surface area contributed by atoms with E-state index >= 15 is 0 Å². The van der Waals surface area contributed by atoms with Crippen LogP contribution in [0.15, 0.2) is 4.34 Å². The number of rotatable bonds is 7. The molecule has 0 saturated carbocycles. The smallest absolute Gasteiger partial charge is 0.267 e. The fourth-order valence-electron chi connectivity index (χ4n) is 1.27. The Kier molecular flexibility index (Phi) is 5.63. The fourth-order valence-corrected chi connectivity index (χ4v) is 2.62. The minimum atomic E-state index is -3.85. The molecule has 1 aromatic heterocycles. The Morgan fingerprint density at radius 1 is 1.33 bits per heavy atom. The maximum atomic E-state index is 11.5. The lowest BCUT2D eigenvalue weighted by Gasteiger charge is -2.00. The van der Waals surface area contributed by atoms with Gasteiger partial charge < -0.3 is 5.32 Å². The van der Waals surface area contributed by atoms with Crippen LogP contribution in [-0.2, 0) is 14.8 Å². The van der Waals surface area contributed by atoms with Crippen LogP contribution in [-0.4, -0.2) is 24.5 Å². The maximum absolute atomic E-state index is 11.5. The van der Waals surface area contributed by atoms with E-state index in [0.717, 1.165) is 37.0 Å². The molecule has 3 N–H and O–H groups in total. The molecule has 0 aromatic carbocycles. The summed E-state index contributed by atoms with van der Waals surface area (Å²) < 4.78 is 21.6. The van der Waals surface area contributed by atoms with Crippen LogP contribution in [0.5, 0.6) is 0 Å². The zero-order valence-corrected chi connectivity index (χ0v) is 11.7. The van der Waals surface area contributed by atoms with Crippen molar-refractivity contribution in [3.8, 4) is 0 Å². The molecule has 9 heteroatoms. The van der Waals surface area contributed by atoms with Crippen LogP contribution in [0.1, 0.15) is 39.0 Å². The van der Waals surface area contributed by atoms with Gasteiger partial charge in [0.15, 0.2) is 0 Å². The van der Waals surface area contributed by atoms with Gasteiger partial charge in [0.25, 0.3) is 10.0 Å². The average molecular weight is 292 g/mol. The van der Waals surface area contributed by atoms with E-state index in [0.29, 0.717) is 6.42 Å². The van der Waals surface area contributed by atoms with Crippen molar-refractivity contribution in [1.29, 1.82) is 0 Å². The van der Waals surface area contributed by atoms with E-state index < -0.39 is 10.0 Å². The van der Waals surface area contributed by atoms with Gasteiger partial charge in [0, 0.05) is 6.42 Å². The summed E-state index contributed by atoms with van der Waals surface area (Å²) in [5, 5.41) is 14.5. The Bertz CT molecular complexity index is 498. The summed E-state index contributed by atoms with van der Waals surface area (Å²) in [6, 6.07) is 0. The van der Waals surface area contributed by atoms with Crippen LogP contribution >= 0.6 is 11.3 Å². The number of nitrogens with two attached hydrogens (primary N) is 1. The molecule has 0 radical (unpaired) electrons. The Hall–Kier alpha value is -1.06. The van der Waals surface area contributed by atoms with Gasteiger partial charge in [-0.15, -0.1) is 10.2 Å². The van der Waals surface area contributed by atoms with Crippen molar-refractivity contribution in [2.45, 2.75) is 43.4 Å². The van der Waals surface area contributed by atoms with E-state index in [1.165, 1.54) is 0 Å². The predicted molar refractivity (Wildman–Crippen MR) is 68.7 cm³/mol. The number of sulfonamides is 1. The van der Waals surface area contributed by atoms with E-state index in [1.54, 1.807) is 0 Å². The molecule has 1 aromatic rings. The van der Waals surface area contributed by atoms with Crippen molar-refractivity contribution in [3.05, 3.63) is 0 Å². The average Bonchev–Trinajstić information content (AvgIpc) is 2.72. The quantitative estimate of drug-likeness (QED) is 0.576. The first-order valence-corrected chi connectivity index (χ1v) is 7.96. The molecule has 0 aliphatic rings. The van der Waals surface area contributed by atoms with Gasteiger partial charge in [-0.2, -0.15) is 0 Å². The Morgan fingerprint density at radius 2 is 2.06 bits per heavy atom. The number of amides is 1. The third kappa shape index (κ3) is 5.07. The van der Waals surface area contributed by atoms with Crippen molar-refractivity contribution in [2.24, 2.45) is 5.14 Å². The highest BCUT2D eigenvalue weighted by atomic mass is 32.2. The monoisotopic (exact) mass is 292 g/mol. The zero-order chi connectivity index (χ0) is 13.6. The van der Waals surface area contributed by atoms with Crippen molar-refractivity contribution in [3.63, 3.8) is 0 Å². The standard InChI is InChI=1S/C9H16N4O3S2/c1-2-3-4-5-6-7(14)11-8-12-13-9(17-8)18(10,15)16/h2-6H2,1H3,(H2,10,15,16)(H,11,12,14). The topological polar surface area (TPSA) is 115 Å². The lowest BCUT2D eigenvalue weighted by atomic mass is 10.1. The molecule has 0 aliphatic carbocycles. The molecule has 1 rings (SSSR count). The number of nitrogens with zero attached hydrogens (tertiary/aromatic N) is 2. The van der Waals surface area contributed by atoms with E-state index in [2.05, 4.69) is 22.4 Å². The van der Waals surface area contributed by atoms with Crippen LogP contribution in [0.2, 0.25) is 0 Å². The molecule has 0 bridgehead atoms. The summed E-state index contributed by atoms with van der Waals surface area (Å²) >= 11 is 0.745. The summed E-state index contributed by atoms with van der Waals surface area (Å²) in [6.07, 6.45) is 4.41. The van der Waals surface area contributed by atoms with E-state index in [9.17, 15) is 13.2 Å². The molecule has 0 atom stereocenters. The molecule has 0 fully saturated rings.